The van der Waals surface area contributed by atoms with Crippen molar-refractivity contribution in [2.24, 2.45) is 11.8 Å². The lowest BCUT2D eigenvalue weighted by molar-refractivity contribution is -0.177. The summed E-state index contributed by atoms with van der Waals surface area (Å²) < 4.78 is 26.8. The summed E-state index contributed by atoms with van der Waals surface area (Å²) in [5.74, 6) is 1.08. The van der Waals surface area contributed by atoms with Gasteiger partial charge < -0.3 is 14.5 Å². The molecule has 4 aliphatic rings. The smallest absolute Gasteiger partial charge is 0.341 e. The predicted octanol–water partition coefficient (Wildman–Crippen LogP) is 6.70. The van der Waals surface area contributed by atoms with Crippen LogP contribution in [0.25, 0.3) is 10.9 Å². The molecule has 3 unspecified atom stereocenters. The Hall–Kier alpha value is -2.86. The van der Waals surface area contributed by atoms with Gasteiger partial charge in [-0.3, -0.25) is 4.90 Å². The van der Waals surface area contributed by atoms with Crippen molar-refractivity contribution < 1.29 is 18.7 Å². The van der Waals surface area contributed by atoms with E-state index in [1.807, 2.05) is 0 Å². The van der Waals surface area contributed by atoms with Crippen LogP contribution in [-0.2, 0) is 17.6 Å². The van der Waals surface area contributed by atoms with Crippen molar-refractivity contribution in [3.8, 4) is 5.75 Å². The highest BCUT2D eigenvalue weighted by Crippen LogP contribution is 2.50. The molecule has 194 valence electrons. The fourth-order valence-corrected chi connectivity index (χ4v) is 7.29. The first-order valence-corrected chi connectivity index (χ1v) is 14.1. The number of fused-ring (bicyclic) bond motifs is 3. The molecule has 37 heavy (non-hydrogen) atoms. The zero-order valence-electron chi connectivity index (χ0n) is 21.5. The van der Waals surface area contributed by atoms with E-state index in [9.17, 15) is 9.18 Å². The lowest BCUT2D eigenvalue weighted by Crippen LogP contribution is -2.64. The molecule has 1 aliphatic carbocycles. The Labute approximate surface area is 217 Å². The van der Waals surface area contributed by atoms with Gasteiger partial charge in [-0.05, 0) is 81.2 Å². The summed E-state index contributed by atoms with van der Waals surface area (Å²) in [4.78, 5) is 20.0. The average Bonchev–Trinajstić information content (AvgIpc) is 3.69. The summed E-state index contributed by atoms with van der Waals surface area (Å²) in [7, 11) is 0. The van der Waals surface area contributed by atoms with E-state index in [2.05, 4.69) is 28.9 Å². The number of nitrogens with zero attached hydrogens (tertiary/aromatic N) is 1. The number of benzene rings is 2. The normalized spacial score (nSPS) is 26.1. The van der Waals surface area contributed by atoms with Gasteiger partial charge in [-0.25, -0.2) is 9.18 Å². The minimum absolute atomic E-state index is 0.193. The summed E-state index contributed by atoms with van der Waals surface area (Å²) in [6, 6.07) is 10.6. The van der Waals surface area contributed by atoms with Gasteiger partial charge in [-0.15, -0.1) is 0 Å². The Bertz CT molecular complexity index is 1340. The maximum atomic E-state index is 13.9. The molecule has 0 amide bonds. The standard InChI is InChI=1S/C31H35FN2O3/c1-2-24-28(30(35)36-29(19-7-8-19)20-9-11-22(32)12-10-20)27-23-18-21-6-5-17-34-16-4-3-15-31(21,34)37-26(23)14-13-25(27)33-24/h9-14,19,21,29,33H,2-8,15-18H2,1H3. The van der Waals surface area contributed by atoms with Gasteiger partial charge in [-0.2, -0.15) is 0 Å². The number of nitrogens with one attached hydrogen (secondary N) is 1. The van der Waals surface area contributed by atoms with E-state index >= 15 is 0 Å². The zero-order chi connectivity index (χ0) is 25.1. The number of esters is 1. The third kappa shape index (κ3) is 3.79. The fraction of sp³-hybridized carbons (Fsp3) is 0.516. The van der Waals surface area contributed by atoms with Gasteiger partial charge in [0.05, 0.1) is 5.56 Å². The molecule has 1 N–H and O–H groups in total. The van der Waals surface area contributed by atoms with Gasteiger partial charge in [0.25, 0.3) is 0 Å². The molecule has 6 heteroatoms. The number of hydrogen-bond acceptors (Lipinski definition) is 4. The summed E-state index contributed by atoms with van der Waals surface area (Å²) in [5.41, 5.74) is 4.35. The minimum Gasteiger partial charge on any atom is -0.472 e. The van der Waals surface area contributed by atoms with Gasteiger partial charge in [0, 0.05) is 53.5 Å². The molecular formula is C31H35FN2O3. The summed E-state index contributed by atoms with van der Waals surface area (Å²) >= 11 is 0. The Kier molecular flexibility index (Phi) is 5.58. The van der Waals surface area contributed by atoms with Crippen LogP contribution in [-0.4, -0.2) is 34.7 Å². The van der Waals surface area contributed by atoms with Gasteiger partial charge in [-0.1, -0.05) is 19.1 Å². The first-order valence-electron chi connectivity index (χ1n) is 14.1. The number of rotatable bonds is 5. The molecule has 3 atom stereocenters. The molecule has 1 spiro atoms. The maximum Gasteiger partial charge on any atom is 0.341 e. The SMILES string of the molecule is CCc1[nH]c2ccc3c(c2c1C(=O)OC(c1ccc(F)cc1)C1CC1)CC1CCCN2CCCCC12O3. The molecule has 5 nitrogen and oxygen atoms in total. The molecule has 3 fully saturated rings. The quantitative estimate of drug-likeness (QED) is 0.394. The maximum absolute atomic E-state index is 13.9. The van der Waals surface area contributed by atoms with Crippen LogP contribution in [0.4, 0.5) is 4.39 Å². The molecule has 4 heterocycles. The van der Waals surface area contributed by atoms with E-state index in [1.165, 1.54) is 31.4 Å². The molecule has 3 aliphatic heterocycles. The molecule has 7 rings (SSSR count). The highest BCUT2D eigenvalue weighted by atomic mass is 19.1. The highest BCUT2D eigenvalue weighted by molar-refractivity contribution is 6.07. The highest BCUT2D eigenvalue weighted by Gasteiger charge is 2.52. The van der Waals surface area contributed by atoms with E-state index in [0.717, 1.165) is 78.7 Å². The van der Waals surface area contributed by atoms with Crippen LogP contribution in [0.15, 0.2) is 36.4 Å². The van der Waals surface area contributed by atoms with Gasteiger partial charge in [0.15, 0.2) is 5.72 Å². The van der Waals surface area contributed by atoms with Crippen LogP contribution in [0.5, 0.6) is 5.75 Å². The van der Waals surface area contributed by atoms with E-state index in [1.54, 1.807) is 12.1 Å². The molecule has 2 aromatic carbocycles. The van der Waals surface area contributed by atoms with Gasteiger partial charge >= 0.3 is 5.97 Å². The first-order chi connectivity index (χ1) is 18.1. The molecule has 0 bridgehead atoms. The molecule has 2 saturated heterocycles. The van der Waals surface area contributed by atoms with Crippen LogP contribution in [0.3, 0.4) is 0 Å². The molecular weight excluding hydrogens is 467 g/mol. The van der Waals surface area contributed by atoms with Crippen LogP contribution < -0.4 is 4.74 Å². The van der Waals surface area contributed by atoms with Crippen LogP contribution in [0, 0.1) is 17.7 Å². The first kappa shape index (κ1) is 23.3. The van der Waals surface area contributed by atoms with Crippen LogP contribution >= 0.6 is 0 Å². The molecule has 0 radical (unpaired) electrons. The van der Waals surface area contributed by atoms with Crippen molar-refractivity contribution >= 4 is 16.9 Å². The molecule has 1 saturated carbocycles. The van der Waals surface area contributed by atoms with Gasteiger partial charge in [0.2, 0.25) is 0 Å². The second kappa shape index (κ2) is 8.87. The monoisotopic (exact) mass is 502 g/mol. The molecule has 3 aromatic rings. The topological polar surface area (TPSA) is 54.6 Å². The van der Waals surface area contributed by atoms with Crippen LogP contribution in [0.1, 0.15) is 85.2 Å². The number of piperidine rings is 2. The fourth-order valence-electron chi connectivity index (χ4n) is 7.29. The Morgan fingerprint density at radius 3 is 2.73 bits per heavy atom. The second-order valence-corrected chi connectivity index (χ2v) is 11.4. The van der Waals surface area contributed by atoms with Crippen molar-refractivity contribution in [1.29, 1.82) is 0 Å². The Balaban J connectivity index is 1.29. The number of aromatic nitrogens is 1. The van der Waals surface area contributed by atoms with Crippen molar-refractivity contribution in [2.45, 2.75) is 76.5 Å². The second-order valence-electron chi connectivity index (χ2n) is 11.4. The number of carbonyl (C=O) groups excluding carboxylic acids is 1. The van der Waals surface area contributed by atoms with E-state index in [4.69, 9.17) is 9.47 Å². The lowest BCUT2D eigenvalue weighted by atomic mass is 9.74. The number of hydrogen-bond donors (Lipinski definition) is 1. The third-order valence-corrected chi connectivity index (χ3v) is 9.25. The van der Waals surface area contributed by atoms with Gasteiger partial charge in [0.1, 0.15) is 17.7 Å². The number of aromatic amines is 1. The van der Waals surface area contributed by atoms with E-state index < -0.39 is 0 Å². The third-order valence-electron chi connectivity index (χ3n) is 9.25. The number of halogens is 1. The van der Waals surface area contributed by atoms with Crippen molar-refractivity contribution in [3.05, 3.63) is 64.6 Å². The average molecular weight is 503 g/mol. The van der Waals surface area contributed by atoms with Crippen molar-refractivity contribution in [1.82, 2.24) is 9.88 Å². The van der Waals surface area contributed by atoms with E-state index in [0.29, 0.717) is 23.8 Å². The summed E-state index contributed by atoms with van der Waals surface area (Å²) in [5, 5.41) is 0.968. The molecule has 1 aromatic heterocycles. The number of ether oxygens (including phenoxy) is 2. The number of aryl methyl sites for hydroxylation is 1. The lowest BCUT2D eigenvalue weighted by Gasteiger charge is -2.56. The van der Waals surface area contributed by atoms with Crippen molar-refractivity contribution in [3.63, 3.8) is 0 Å². The minimum atomic E-state index is -0.351. The van der Waals surface area contributed by atoms with Crippen molar-refractivity contribution in [2.75, 3.05) is 13.1 Å². The zero-order valence-corrected chi connectivity index (χ0v) is 21.5. The number of H-pyrrole nitrogens is 1. The number of carbonyl (C=O) groups is 1. The largest absolute Gasteiger partial charge is 0.472 e. The van der Waals surface area contributed by atoms with Crippen LogP contribution in [0.2, 0.25) is 0 Å². The Morgan fingerprint density at radius 2 is 1.95 bits per heavy atom. The predicted molar refractivity (Wildman–Crippen MR) is 140 cm³/mol. The summed E-state index contributed by atoms with van der Waals surface area (Å²) in [6.07, 6.45) is 9.21. The Morgan fingerprint density at radius 1 is 1.14 bits per heavy atom. The van der Waals surface area contributed by atoms with E-state index in [-0.39, 0.29) is 23.6 Å². The summed E-state index contributed by atoms with van der Waals surface area (Å²) in [6.45, 7) is 4.29.